The van der Waals surface area contributed by atoms with Gasteiger partial charge in [0, 0.05) is 18.8 Å². The highest BCUT2D eigenvalue weighted by atomic mass is 79.9. The SMILES string of the molecule is CC(C)C(CN(C)C)Nc1nc(NN)ncc1Br. The van der Waals surface area contributed by atoms with Gasteiger partial charge in [0.1, 0.15) is 5.82 Å². The number of halogens is 1. The summed E-state index contributed by atoms with van der Waals surface area (Å²) in [5.74, 6) is 6.95. The van der Waals surface area contributed by atoms with Crippen LogP contribution in [-0.4, -0.2) is 41.5 Å². The molecule has 0 saturated carbocycles. The molecule has 1 rings (SSSR count). The van der Waals surface area contributed by atoms with E-state index in [1.54, 1.807) is 6.20 Å². The molecule has 1 unspecified atom stereocenters. The summed E-state index contributed by atoms with van der Waals surface area (Å²) in [6, 6.07) is 0.303. The van der Waals surface area contributed by atoms with Crippen molar-refractivity contribution in [2.45, 2.75) is 19.9 Å². The molecule has 6 nitrogen and oxygen atoms in total. The van der Waals surface area contributed by atoms with Gasteiger partial charge in [-0.15, -0.1) is 0 Å². The molecule has 18 heavy (non-hydrogen) atoms. The van der Waals surface area contributed by atoms with Crippen LogP contribution in [0.4, 0.5) is 11.8 Å². The molecule has 102 valence electrons. The molecule has 1 aromatic rings. The molecule has 1 atom stereocenters. The molecule has 0 fully saturated rings. The van der Waals surface area contributed by atoms with Gasteiger partial charge in [-0.1, -0.05) is 13.8 Å². The number of likely N-dealkylation sites (N-methyl/N-ethyl adjacent to an activating group) is 1. The van der Waals surface area contributed by atoms with E-state index in [0.29, 0.717) is 17.9 Å². The maximum Gasteiger partial charge on any atom is 0.239 e. The second-order valence-electron chi connectivity index (χ2n) is 4.79. The van der Waals surface area contributed by atoms with E-state index in [2.05, 4.69) is 69.5 Å². The van der Waals surface area contributed by atoms with Gasteiger partial charge in [-0.2, -0.15) is 4.98 Å². The minimum Gasteiger partial charge on any atom is -0.365 e. The maximum absolute atomic E-state index is 5.31. The van der Waals surface area contributed by atoms with E-state index in [1.165, 1.54) is 0 Å². The molecule has 0 aliphatic rings. The molecule has 0 bridgehead atoms. The van der Waals surface area contributed by atoms with Crippen LogP contribution in [0.25, 0.3) is 0 Å². The number of hydrazine groups is 1. The van der Waals surface area contributed by atoms with E-state index < -0.39 is 0 Å². The summed E-state index contributed by atoms with van der Waals surface area (Å²) >= 11 is 3.43. The Labute approximate surface area is 116 Å². The zero-order valence-corrected chi connectivity index (χ0v) is 12.8. The Morgan fingerprint density at radius 1 is 1.44 bits per heavy atom. The van der Waals surface area contributed by atoms with Crippen molar-refractivity contribution < 1.29 is 0 Å². The number of hydrogen-bond donors (Lipinski definition) is 3. The number of aromatic nitrogens is 2. The topological polar surface area (TPSA) is 79.1 Å². The Bertz CT molecular complexity index is 382. The third kappa shape index (κ3) is 4.40. The van der Waals surface area contributed by atoms with Gasteiger partial charge >= 0.3 is 0 Å². The Morgan fingerprint density at radius 2 is 2.11 bits per heavy atom. The summed E-state index contributed by atoms with van der Waals surface area (Å²) in [5.41, 5.74) is 2.44. The van der Waals surface area contributed by atoms with E-state index in [9.17, 15) is 0 Å². The lowest BCUT2D eigenvalue weighted by Crippen LogP contribution is -2.36. The number of nitrogens with two attached hydrogens (primary N) is 1. The second kappa shape index (κ2) is 6.86. The average molecular weight is 317 g/mol. The fourth-order valence-corrected chi connectivity index (χ4v) is 1.84. The highest BCUT2D eigenvalue weighted by molar-refractivity contribution is 9.10. The molecule has 0 aliphatic carbocycles. The summed E-state index contributed by atoms with van der Waals surface area (Å²) in [7, 11) is 4.11. The van der Waals surface area contributed by atoms with Crippen molar-refractivity contribution in [1.29, 1.82) is 0 Å². The van der Waals surface area contributed by atoms with Crippen LogP contribution in [0.15, 0.2) is 10.7 Å². The van der Waals surface area contributed by atoms with Gasteiger partial charge in [0.15, 0.2) is 0 Å². The molecular formula is C11H21BrN6. The summed E-state index contributed by atoms with van der Waals surface area (Å²) < 4.78 is 0.825. The molecule has 0 spiro atoms. The minimum absolute atomic E-state index is 0.303. The number of anilines is 2. The van der Waals surface area contributed by atoms with Crippen LogP contribution in [0.5, 0.6) is 0 Å². The lowest BCUT2D eigenvalue weighted by molar-refractivity contribution is 0.344. The summed E-state index contributed by atoms with van der Waals surface area (Å²) in [6.07, 6.45) is 1.68. The van der Waals surface area contributed by atoms with Crippen LogP contribution in [0.3, 0.4) is 0 Å². The van der Waals surface area contributed by atoms with Crippen molar-refractivity contribution in [3.63, 3.8) is 0 Å². The second-order valence-corrected chi connectivity index (χ2v) is 5.65. The fraction of sp³-hybridized carbons (Fsp3) is 0.636. The lowest BCUT2D eigenvalue weighted by Gasteiger charge is -2.26. The van der Waals surface area contributed by atoms with Crippen molar-refractivity contribution in [3.8, 4) is 0 Å². The van der Waals surface area contributed by atoms with Crippen molar-refractivity contribution >= 4 is 27.7 Å². The molecule has 1 aromatic heterocycles. The van der Waals surface area contributed by atoms with Gasteiger partial charge in [0.25, 0.3) is 0 Å². The fourth-order valence-electron chi connectivity index (χ4n) is 1.53. The highest BCUT2D eigenvalue weighted by Gasteiger charge is 2.16. The van der Waals surface area contributed by atoms with E-state index in [1.807, 2.05) is 0 Å². The monoisotopic (exact) mass is 316 g/mol. The van der Waals surface area contributed by atoms with Crippen molar-refractivity contribution in [3.05, 3.63) is 10.7 Å². The van der Waals surface area contributed by atoms with Crippen LogP contribution < -0.4 is 16.6 Å². The smallest absolute Gasteiger partial charge is 0.239 e. The summed E-state index contributed by atoms with van der Waals surface area (Å²) in [4.78, 5) is 10.5. The van der Waals surface area contributed by atoms with Crippen LogP contribution >= 0.6 is 15.9 Å². The predicted octanol–water partition coefficient (Wildman–Crippen LogP) is 1.52. The van der Waals surface area contributed by atoms with Gasteiger partial charge in [-0.05, 0) is 35.9 Å². The lowest BCUT2D eigenvalue weighted by atomic mass is 10.0. The molecular weight excluding hydrogens is 296 g/mol. The molecule has 4 N–H and O–H groups in total. The Morgan fingerprint density at radius 3 is 2.61 bits per heavy atom. The van der Waals surface area contributed by atoms with Gasteiger partial charge in [-0.3, -0.25) is 5.43 Å². The van der Waals surface area contributed by atoms with E-state index in [4.69, 9.17) is 5.84 Å². The standard InChI is InChI=1S/C11H21BrN6/c1-7(2)9(6-18(3)4)15-10-8(12)5-14-11(16-10)17-13/h5,7,9H,6,13H2,1-4H3,(H2,14,15,16,17). The first kappa shape index (κ1) is 15.1. The Kier molecular flexibility index (Phi) is 5.77. The average Bonchev–Trinajstić information content (AvgIpc) is 2.30. The predicted molar refractivity (Wildman–Crippen MR) is 78.3 cm³/mol. The highest BCUT2D eigenvalue weighted by Crippen LogP contribution is 2.22. The van der Waals surface area contributed by atoms with Crippen molar-refractivity contribution in [1.82, 2.24) is 14.9 Å². The number of hydrogen-bond acceptors (Lipinski definition) is 6. The first-order valence-electron chi connectivity index (χ1n) is 5.84. The van der Waals surface area contributed by atoms with Gasteiger partial charge in [0.05, 0.1) is 4.47 Å². The molecule has 0 aliphatic heterocycles. The number of rotatable bonds is 6. The number of nitrogen functional groups attached to an aromatic ring is 1. The van der Waals surface area contributed by atoms with Gasteiger partial charge < -0.3 is 10.2 Å². The first-order valence-corrected chi connectivity index (χ1v) is 6.63. The minimum atomic E-state index is 0.303. The number of nitrogens with zero attached hydrogens (tertiary/aromatic N) is 3. The third-order valence-corrected chi connectivity index (χ3v) is 3.14. The van der Waals surface area contributed by atoms with E-state index >= 15 is 0 Å². The Hall–Kier alpha value is -0.920. The van der Waals surface area contributed by atoms with Crippen LogP contribution in [0, 0.1) is 5.92 Å². The molecule has 7 heteroatoms. The van der Waals surface area contributed by atoms with Gasteiger partial charge in [-0.25, -0.2) is 10.8 Å². The van der Waals surface area contributed by atoms with E-state index in [-0.39, 0.29) is 0 Å². The van der Waals surface area contributed by atoms with Gasteiger partial charge in [0.2, 0.25) is 5.95 Å². The molecule has 1 heterocycles. The van der Waals surface area contributed by atoms with Crippen LogP contribution in [0.1, 0.15) is 13.8 Å². The van der Waals surface area contributed by atoms with E-state index in [0.717, 1.165) is 16.8 Å². The molecule has 0 aromatic carbocycles. The Balaban J connectivity index is 2.85. The summed E-state index contributed by atoms with van der Waals surface area (Å²) in [6.45, 7) is 5.29. The maximum atomic E-state index is 5.31. The number of nitrogens with one attached hydrogen (secondary N) is 2. The first-order chi connectivity index (χ1) is 8.43. The summed E-state index contributed by atoms with van der Waals surface area (Å²) in [5, 5.41) is 3.42. The molecule has 0 radical (unpaired) electrons. The van der Waals surface area contributed by atoms with Crippen molar-refractivity contribution in [2.24, 2.45) is 11.8 Å². The molecule has 0 amide bonds. The normalized spacial score (nSPS) is 12.9. The zero-order chi connectivity index (χ0) is 13.7. The zero-order valence-electron chi connectivity index (χ0n) is 11.2. The van der Waals surface area contributed by atoms with Crippen molar-refractivity contribution in [2.75, 3.05) is 31.4 Å². The third-order valence-electron chi connectivity index (χ3n) is 2.56. The quantitative estimate of drug-likeness (QED) is 0.545. The van der Waals surface area contributed by atoms with Crippen LogP contribution in [-0.2, 0) is 0 Å². The molecule has 0 saturated heterocycles. The largest absolute Gasteiger partial charge is 0.365 e. The van der Waals surface area contributed by atoms with Crippen LogP contribution in [0.2, 0.25) is 0 Å².